The Hall–Kier alpha value is -5.34. The molecule has 0 amide bonds. The summed E-state index contributed by atoms with van der Waals surface area (Å²) in [6.45, 7) is 1.65. The Morgan fingerprint density at radius 2 is 1.14 bits per heavy atom. The van der Waals surface area contributed by atoms with Gasteiger partial charge in [0, 0.05) is 21.9 Å². The molecule has 0 saturated carbocycles. The highest BCUT2D eigenvalue weighted by Crippen LogP contribution is 2.63. The molecule has 0 bridgehead atoms. The lowest BCUT2D eigenvalue weighted by Gasteiger charge is -2.31. The van der Waals surface area contributed by atoms with E-state index in [1.807, 2.05) is 6.07 Å². The molecule has 1 aromatic heterocycles. The van der Waals surface area contributed by atoms with Gasteiger partial charge >= 0.3 is 0 Å². The van der Waals surface area contributed by atoms with Gasteiger partial charge in [0.2, 0.25) is 0 Å². The van der Waals surface area contributed by atoms with E-state index in [1.165, 1.54) is 49.9 Å². The first-order valence-electron chi connectivity index (χ1n) is 14.4. The second-order valence-corrected chi connectivity index (χ2v) is 11.5. The third-order valence-electron chi connectivity index (χ3n) is 9.38. The Bertz CT molecular complexity index is 2280. The Balaban J connectivity index is 1.36. The van der Waals surface area contributed by atoms with Crippen LogP contribution in [-0.2, 0) is 5.41 Å². The van der Waals surface area contributed by atoms with E-state index >= 15 is 0 Å². The van der Waals surface area contributed by atoms with Crippen molar-refractivity contribution in [3.63, 3.8) is 0 Å². The lowest BCUT2D eigenvalue weighted by Crippen LogP contribution is -2.26. The van der Waals surface area contributed by atoms with Crippen LogP contribution in [0, 0.1) is 0 Å². The van der Waals surface area contributed by atoms with E-state index in [0.717, 1.165) is 33.1 Å². The molecule has 0 aliphatic heterocycles. The maximum absolute atomic E-state index is 12.6. The molecule has 196 valence electrons. The standard InChI is InChI=1S/C40H25NO/c1-24(42)27-16-19-32-30-10-4-6-12-34(30)40(36(32)22-27)35-13-7-5-11-31(35)33-20-17-28(23-37(33)40)38-21-18-26-15-14-25-8-2-3-9-29(25)39(26)41-38/h2-23H,1H3. The zero-order valence-electron chi connectivity index (χ0n) is 23.1. The van der Waals surface area contributed by atoms with Crippen LogP contribution in [0.4, 0.5) is 0 Å². The first-order valence-corrected chi connectivity index (χ1v) is 14.4. The molecule has 1 atom stereocenters. The van der Waals surface area contributed by atoms with Gasteiger partial charge in [-0.3, -0.25) is 4.79 Å². The van der Waals surface area contributed by atoms with E-state index in [9.17, 15) is 4.79 Å². The molecule has 1 unspecified atom stereocenters. The van der Waals surface area contributed by atoms with Crippen molar-refractivity contribution < 1.29 is 4.79 Å². The molecule has 6 aromatic carbocycles. The van der Waals surface area contributed by atoms with Gasteiger partial charge in [-0.25, -0.2) is 4.98 Å². The van der Waals surface area contributed by atoms with Crippen molar-refractivity contribution in [2.45, 2.75) is 12.3 Å². The van der Waals surface area contributed by atoms with Crippen LogP contribution in [0.1, 0.15) is 39.5 Å². The summed E-state index contributed by atoms with van der Waals surface area (Å²) in [4.78, 5) is 17.9. The zero-order chi connectivity index (χ0) is 28.0. The summed E-state index contributed by atoms with van der Waals surface area (Å²) in [6.07, 6.45) is 0. The quantitative estimate of drug-likeness (QED) is 0.163. The Kier molecular flexibility index (Phi) is 4.64. The van der Waals surface area contributed by atoms with Crippen LogP contribution in [0.5, 0.6) is 0 Å². The number of hydrogen-bond acceptors (Lipinski definition) is 2. The molecular formula is C40H25NO. The second-order valence-electron chi connectivity index (χ2n) is 11.5. The highest BCUT2D eigenvalue weighted by atomic mass is 16.1. The number of benzene rings is 6. The van der Waals surface area contributed by atoms with Crippen LogP contribution in [0.2, 0.25) is 0 Å². The van der Waals surface area contributed by atoms with Gasteiger partial charge in [0.05, 0.1) is 16.6 Å². The van der Waals surface area contributed by atoms with Crippen molar-refractivity contribution in [3.05, 3.63) is 161 Å². The summed E-state index contributed by atoms with van der Waals surface area (Å²) in [5, 5.41) is 3.49. The van der Waals surface area contributed by atoms with Crippen molar-refractivity contribution in [3.8, 4) is 33.5 Å². The molecule has 0 N–H and O–H groups in total. The van der Waals surface area contributed by atoms with Crippen LogP contribution >= 0.6 is 0 Å². The first-order chi connectivity index (χ1) is 20.6. The van der Waals surface area contributed by atoms with Crippen LogP contribution in [0.15, 0.2) is 133 Å². The number of hydrogen-bond donors (Lipinski definition) is 0. The summed E-state index contributed by atoms with van der Waals surface area (Å²) >= 11 is 0. The summed E-state index contributed by atoms with van der Waals surface area (Å²) in [7, 11) is 0. The van der Waals surface area contributed by atoms with Gasteiger partial charge < -0.3 is 0 Å². The van der Waals surface area contributed by atoms with E-state index in [2.05, 4.69) is 127 Å². The first kappa shape index (κ1) is 23.4. The van der Waals surface area contributed by atoms with Crippen molar-refractivity contribution in [1.82, 2.24) is 4.98 Å². The summed E-state index contributed by atoms with van der Waals surface area (Å²) in [6, 6.07) is 47.7. The average Bonchev–Trinajstić information content (AvgIpc) is 3.51. The van der Waals surface area contributed by atoms with Crippen molar-refractivity contribution in [2.75, 3.05) is 0 Å². The highest BCUT2D eigenvalue weighted by molar-refractivity contribution is 6.06. The number of Topliss-reactive ketones (excluding diaryl/α,β-unsaturated/α-hetero) is 1. The number of carbonyl (C=O) groups is 1. The lowest BCUT2D eigenvalue weighted by atomic mass is 9.70. The van der Waals surface area contributed by atoms with Crippen LogP contribution in [-0.4, -0.2) is 10.8 Å². The molecule has 0 fully saturated rings. The number of pyridine rings is 1. The van der Waals surface area contributed by atoms with Crippen molar-refractivity contribution in [1.29, 1.82) is 0 Å². The van der Waals surface area contributed by atoms with Gasteiger partial charge in [-0.2, -0.15) is 0 Å². The van der Waals surface area contributed by atoms with Gasteiger partial charge in [-0.15, -0.1) is 0 Å². The molecule has 0 saturated heterocycles. The largest absolute Gasteiger partial charge is 0.295 e. The molecule has 0 radical (unpaired) electrons. The minimum atomic E-state index is -0.511. The van der Waals surface area contributed by atoms with Crippen LogP contribution in [0.3, 0.4) is 0 Å². The molecule has 42 heavy (non-hydrogen) atoms. The molecular weight excluding hydrogens is 510 g/mol. The predicted octanol–water partition coefficient (Wildman–Crippen LogP) is 9.60. The van der Waals surface area contributed by atoms with Gasteiger partial charge in [0.15, 0.2) is 5.78 Å². The maximum atomic E-state index is 12.6. The Morgan fingerprint density at radius 3 is 1.90 bits per heavy atom. The van der Waals surface area contributed by atoms with E-state index in [4.69, 9.17) is 4.98 Å². The third-order valence-corrected chi connectivity index (χ3v) is 9.38. The van der Waals surface area contributed by atoms with Gasteiger partial charge in [-0.05, 0) is 75.0 Å². The number of carbonyl (C=O) groups excluding carboxylic acids is 1. The topological polar surface area (TPSA) is 30.0 Å². The van der Waals surface area contributed by atoms with E-state index in [0.29, 0.717) is 0 Å². The number of aromatic nitrogens is 1. The maximum Gasteiger partial charge on any atom is 0.159 e. The van der Waals surface area contributed by atoms with Gasteiger partial charge in [-0.1, -0.05) is 115 Å². The third kappa shape index (κ3) is 2.94. The molecule has 7 aromatic rings. The van der Waals surface area contributed by atoms with E-state index in [-0.39, 0.29) is 5.78 Å². The van der Waals surface area contributed by atoms with Crippen molar-refractivity contribution >= 4 is 27.5 Å². The normalized spacial score (nSPS) is 15.9. The van der Waals surface area contributed by atoms with E-state index in [1.54, 1.807) is 6.92 Å². The number of nitrogens with zero attached hydrogens (tertiary/aromatic N) is 1. The zero-order valence-corrected chi connectivity index (χ0v) is 23.1. The average molecular weight is 536 g/mol. The number of rotatable bonds is 2. The molecule has 2 heteroatoms. The highest BCUT2D eigenvalue weighted by Gasteiger charge is 2.51. The predicted molar refractivity (Wildman–Crippen MR) is 171 cm³/mol. The molecule has 9 rings (SSSR count). The summed E-state index contributed by atoms with van der Waals surface area (Å²) < 4.78 is 0. The van der Waals surface area contributed by atoms with Crippen molar-refractivity contribution in [2.24, 2.45) is 0 Å². The van der Waals surface area contributed by atoms with Gasteiger partial charge in [0.1, 0.15) is 0 Å². The molecule has 2 aliphatic rings. The lowest BCUT2D eigenvalue weighted by molar-refractivity contribution is 0.101. The fourth-order valence-electron chi connectivity index (χ4n) is 7.54. The summed E-state index contributed by atoms with van der Waals surface area (Å²) in [5.74, 6) is 0.0803. The molecule has 2 nitrogen and oxygen atoms in total. The number of ketones is 1. The SMILES string of the molecule is CC(=O)c1ccc2c(c1)C1(c3ccccc3-2)c2ccccc2-c2ccc(-c3ccc4ccc5ccccc5c4n3)cc21. The molecule has 1 heterocycles. The minimum absolute atomic E-state index is 0.0803. The minimum Gasteiger partial charge on any atom is -0.295 e. The molecule has 1 spiro atoms. The second kappa shape index (κ2) is 8.34. The monoisotopic (exact) mass is 535 g/mol. The Morgan fingerprint density at radius 1 is 0.548 bits per heavy atom. The number of fused-ring (bicyclic) bond motifs is 13. The van der Waals surface area contributed by atoms with Crippen LogP contribution < -0.4 is 0 Å². The summed E-state index contributed by atoms with van der Waals surface area (Å²) in [5.41, 5.74) is 13.1. The smallest absolute Gasteiger partial charge is 0.159 e. The Labute approximate surface area is 243 Å². The van der Waals surface area contributed by atoms with Crippen LogP contribution in [0.25, 0.3) is 55.2 Å². The van der Waals surface area contributed by atoms with Gasteiger partial charge in [0.25, 0.3) is 0 Å². The van der Waals surface area contributed by atoms with E-state index < -0.39 is 5.41 Å². The fraction of sp³-hybridized carbons (Fsp3) is 0.0500. The fourth-order valence-corrected chi connectivity index (χ4v) is 7.54. The molecule has 2 aliphatic carbocycles.